The van der Waals surface area contributed by atoms with Crippen LogP contribution in [0.25, 0.3) is 0 Å². The van der Waals surface area contributed by atoms with Crippen LogP contribution in [0.4, 0.5) is 0 Å². The summed E-state index contributed by atoms with van der Waals surface area (Å²) in [6, 6.07) is 0.636. The Kier molecular flexibility index (Phi) is 4.79. The molecule has 0 saturated carbocycles. The monoisotopic (exact) mass is 244 g/mol. The molecule has 2 aliphatic rings. The van der Waals surface area contributed by atoms with Crippen molar-refractivity contribution in [3.05, 3.63) is 0 Å². The van der Waals surface area contributed by atoms with E-state index < -0.39 is 10.8 Å². The lowest BCUT2D eigenvalue weighted by atomic mass is 9.96. The number of rotatable bonds is 3. The zero-order valence-corrected chi connectivity index (χ0v) is 11.1. The van der Waals surface area contributed by atoms with Crippen molar-refractivity contribution in [3.8, 4) is 0 Å². The number of nitrogens with one attached hydrogen (secondary N) is 1. The summed E-state index contributed by atoms with van der Waals surface area (Å²) in [6.07, 6.45) is 4.89. The Hall–Kier alpha value is 0.0700. The zero-order valence-electron chi connectivity index (χ0n) is 10.3. The summed E-state index contributed by atoms with van der Waals surface area (Å²) in [5.74, 6) is 2.68. The average Bonchev–Trinajstić information content (AvgIpc) is 2.30. The lowest BCUT2D eigenvalue weighted by molar-refractivity contribution is 0.211. The van der Waals surface area contributed by atoms with Crippen molar-refractivity contribution in [1.82, 2.24) is 10.2 Å². The standard InChI is InChI=1S/C12H24N2OS/c1-14-6-2-11(3-7-14)10-13-12-4-8-16(15)9-5-12/h11-13H,2-10H2,1H3. The van der Waals surface area contributed by atoms with Gasteiger partial charge in [-0.1, -0.05) is 0 Å². The fourth-order valence-electron chi connectivity index (χ4n) is 2.60. The van der Waals surface area contributed by atoms with Crippen molar-refractivity contribution in [2.45, 2.75) is 31.7 Å². The average molecular weight is 244 g/mol. The highest BCUT2D eigenvalue weighted by atomic mass is 32.2. The molecule has 0 radical (unpaired) electrons. The molecule has 0 aliphatic carbocycles. The Labute approximate surface area is 101 Å². The number of hydrogen-bond donors (Lipinski definition) is 1. The van der Waals surface area contributed by atoms with Crippen molar-refractivity contribution < 1.29 is 4.21 Å². The van der Waals surface area contributed by atoms with E-state index in [-0.39, 0.29) is 0 Å². The molecule has 2 heterocycles. The number of hydrogen-bond acceptors (Lipinski definition) is 3. The Morgan fingerprint density at radius 3 is 2.44 bits per heavy atom. The van der Waals surface area contributed by atoms with Gasteiger partial charge >= 0.3 is 0 Å². The molecule has 94 valence electrons. The molecule has 0 aromatic rings. The van der Waals surface area contributed by atoms with Crippen molar-refractivity contribution in [2.24, 2.45) is 5.92 Å². The first kappa shape index (κ1) is 12.5. The van der Waals surface area contributed by atoms with Crippen LogP contribution < -0.4 is 5.32 Å². The Balaban J connectivity index is 1.62. The van der Waals surface area contributed by atoms with Crippen molar-refractivity contribution in [2.75, 3.05) is 38.2 Å². The molecule has 0 bridgehead atoms. The molecule has 0 atom stereocenters. The van der Waals surface area contributed by atoms with E-state index in [0.717, 1.165) is 30.3 Å². The number of likely N-dealkylation sites (tertiary alicyclic amines) is 1. The molecule has 2 fully saturated rings. The second kappa shape index (κ2) is 6.12. The summed E-state index contributed by atoms with van der Waals surface area (Å²) in [7, 11) is 1.69. The van der Waals surface area contributed by atoms with Gasteiger partial charge in [0.05, 0.1) is 0 Å². The highest BCUT2D eigenvalue weighted by Crippen LogP contribution is 2.16. The number of nitrogens with zero attached hydrogens (tertiary/aromatic N) is 1. The SMILES string of the molecule is CN1CCC(CNC2CCS(=O)CC2)CC1. The third-order valence-electron chi connectivity index (χ3n) is 3.92. The minimum Gasteiger partial charge on any atom is -0.314 e. The third-order valence-corrected chi connectivity index (χ3v) is 5.30. The predicted octanol–water partition coefficient (Wildman–Crippen LogP) is 0.829. The van der Waals surface area contributed by atoms with Crippen LogP contribution in [0.3, 0.4) is 0 Å². The molecule has 2 rings (SSSR count). The Morgan fingerprint density at radius 2 is 1.81 bits per heavy atom. The molecule has 1 N–H and O–H groups in total. The summed E-state index contributed by atoms with van der Waals surface area (Å²) in [5.41, 5.74) is 0. The molecule has 0 spiro atoms. The smallest absolute Gasteiger partial charge is 0.0249 e. The molecule has 0 amide bonds. The van der Waals surface area contributed by atoms with Crippen LogP contribution in [0.15, 0.2) is 0 Å². The topological polar surface area (TPSA) is 32.3 Å². The highest BCUT2D eigenvalue weighted by Gasteiger charge is 2.20. The van der Waals surface area contributed by atoms with Gasteiger partial charge in [-0.2, -0.15) is 0 Å². The summed E-state index contributed by atoms with van der Waals surface area (Å²) >= 11 is 0. The maximum Gasteiger partial charge on any atom is 0.0249 e. The molecule has 4 heteroatoms. The van der Waals surface area contributed by atoms with E-state index in [4.69, 9.17) is 0 Å². The van der Waals surface area contributed by atoms with Crippen molar-refractivity contribution in [3.63, 3.8) is 0 Å². The van der Waals surface area contributed by atoms with Gasteiger partial charge in [-0.15, -0.1) is 0 Å². The minimum atomic E-state index is -0.521. The van der Waals surface area contributed by atoms with Gasteiger partial charge < -0.3 is 10.2 Å². The van der Waals surface area contributed by atoms with E-state index >= 15 is 0 Å². The van der Waals surface area contributed by atoms with Crippen LogP contribution in [0, 0.1) is 5.92 Å². The van der Waals surface area contributed by atoms with Gasteiger partial charge in [0.25, 0.3) is 0 Å². The van der Waals surface area contributed by atoms with Crippen molar-refractivity contribution in [1.29, 1.82) is 0 Å². The highest BCUT2D eigenvalue weighted by molar-refractivity contribution is 7.85. The van der Waals surface area contributed by atoms with Crippen LogP contribution in [0.1, 0.15) is 25.7 Å². The van der Waals surface area contributed by atoms with E-state index in [1.807, 2.05) is 0 Å². The molecular weight excluding hydrogens is 220 g/mol. The van der Waals surface area contributed by atoms with E-state index in [0.29, 0.717) is 6.04 Å². The summed E-state index contributed by atoms with van der Waals surface area (Å²) in [4.78, 5) is 2.42. The summed E-state index contributed by atoms with van der Waals surface area (Å²) in [5, 5.41) is 3.67. The van der Waals surface area contributed by atoms with Crippen LogP contribution >= 0.6 is 0 Å². The lowest BCUT2D eigenvalue weighted by Crippen LogP contribution is -2.41. The Bertz CT molecular complexity index is 229. The lowest BCUT2D eigenvalue weighted by Gasteiger charge is -2.31. The van der Waals surface area contributed by atoms with Gasteiger partial charge in [0.2, 0.25) is 0 Å². The van der Waals surface area contributed by atoms with E-state index in [9.17, 15) is 4.21 Å². The number of piperidine rings is 1. The molecule has 16 heavy (non-hydrogen) atoms. The quantitative estimate of drug-likeness (QED) is 0.798. The van der Waals surface area contributed by atoms with Gasteiger partial charge in [0, 0.05) is 28.3 Å². The first-order valence-electron chi connectivity index (χ1n) is 6.51. The summed E-state index contributed by atoms with van der Waals surface area (Å²) < 4.78 is 11.2. The van der Waals surface area contributed by atoms with Gasteiger partial charge in [-0.3, -0.25) is 4.21 Å². The fraction of sp³-hybridized carbons (Fsp3) is 1.00. The van der Waals surface area contributed by atoms with Gasteiger partial charge in [-0.25, -0.2) is 0 Å². The largest absolute Gasteiger partial charge is 0.314 e. The zero-order chi connectivity index (χ0) is 11.4. The normalized spacial score (nSPS) is 34.1. The van der Waals surface area contributed by atoms with Gasteiger partial charge in [-0.05, 0) is 58.3 Å². The van der Waals surface area contributed by atoms with Crippen LogP contribution in [-0.4, -0.2) is 53.3 Å². The molecule has 0 aromatic heterocycles. The molecule has 0 aromatic carbocycles. The van der Waals surface area contributed by atoms with E-state index in [2.05, 4.69) is 17.3 Å². The fourth-order valence-corrected chi connectivity index (χ4v) is 3.90. The second-order valence-electron chi connectivity index (χ2n) is 5.28. The first-order chi connectivity index (χ1) is 7.74. The predicted molar refractivity (Wildman–Crippen MR) is 69.1 cm³/mol. The van der Waals surface area contributed by atoms with Crippen LogP contribution in [-0.2, 0) is 10.8 Å². The summed E-state index contributed by atoms with van der Waals surface area (Å²) in [6.45, 7) is 3.67. The molecule has 2 saturated heterocycles. The van der Waals surface area contributed by atoms with Gasteiger partial charge in [0.15, 0.2) is 0 Å². The third kappa shape index (κ3) is 3.82. The molecular formula is C12H24N2OS. The first-order valence-corrected chi connectivity index (χ1v) is 8.00. The second-order valence-corrected chi connectivity index (χ2v) is 6.97. The molecule has 2 aliphatic heterocycles. The maximum atomic E-state index is 11.2. The minimum absolute atomic E-state index is 0.521. The molecule has 3 nitrogen and oxygen atoms in total. The maximum absolute atomic E-state index is 11.2. The Morgan fingerprint density at radius 1 is 1.19 bits per heavy atom. The van der Waals surface area contributed by atoms with E-state index in [1.165, 1.54) is 32.5 Å². The van der Waals surface area contributed by atoms with Crippen molar-refractivity contribution >= 4 is 10.8 Å². The van der Waals surface area contributed by atoms with Crippen LogP contribution in [0.5, 0.6) is 0 Å². The molecule has 0 unspecified atom stereocenters. The van der Waals surface area contributed by atoms with Gasteiger partial charge in [0.1, 0.15) is 0 Å². The van der Waals surface area contributed by atoms with Crippen LogP contribution in [0.2, 0.25) is 0 Å². The van der Waals surface area contributed by atoms with E-state index in [1.54, 1.807) is 0 Å².